The largest absolute Gasteiger partial charge is 0.481 e. The third-order valence-electron chi connectivity index (χ3n) is 1.30. The Morgan fingerprint density at radius 2 is 2.58 bits per heavy atom. The SMILES string of the molecule is O=C(O)CCNCc1cncs1. The molecule has 0 bridgehead atoms. The van der Waals surface area contributed by atoms with Gasteiger partial charge in [0.25, 0.3) is 0 Å². The molecule has 0 fully saturated rings. The zero-order valence-electron chi connectivity index (χ0n) is 6.49. The molecule has 0 aliphatic rings. The van der Waals surface area contributed by atoms with E-state index < -0.39 is 5.97 Å². The number of hydrogen-bond acceptors (Lipinski definition) is 4. The zero-order valence-corrected chi connectivity index (χ0v) is 7.30. The summed E-state index contributed by atoms with van der Waals surface area (Å²) >= 11 is 1.56. The number of aliphatic carboxylic acids is 1. The molecule has 1 aromatic rings. The molecule has 2 N–H and O–H groups in total. The van der Waals surface area contributed by atoms with Gasteiger partial charge < -0.3 is 10.4 Å². The first-order valence-electron chi connectivity index (χ1n) is 3.59. The Kier molecular flexibility index (Phi) is 3.69. The molecule has 4 nitrogen and oxygen atoms in total. The van der Waals surface area contributed by atoms with Gasteiger partial charge in [-0.1, -0.05) is 0 Å². The summed E-state index contributed by atoms with van der Waals surface area (Å²) in [4.78, 5) is 15.1. The van der Waals surface area contributed by atoms with Crippen LogP contribution in [0.15, 0.2) is 11.7 Å². The molecule has 1 rings (SSSR count). The molecule has 5 heteroatoms. The molecule has 0 aliphatic carbocycles. The van der Waals surface area contributed by atoms with Crippen molar-refractivity contribution in [1.82, 2.24) is 10.3 Å². The first kappa shape index (κ1) is 9.15. The van der Waals surface area contributed by atoms with Crippen molar-refractivity contribution in [3.05, 3.63) is 16.6 Å². The molecule has 0 spiro atoms. The molecule has 0 amide bonds. The van der Waals surface area contributed by atoms with Gasteiger partial charge in [-0.25, -0.2) is 0 Å². The lowest BCUT2D eigenvalue weighted by atomic mass is 10.4. The van der Waals surface area contributed by atoms with Gasteiger partial charge in [0.1, 0.15) is 0 Å². The third-order valence-corrected chi connectivity index (χ3v) is 2.08. The second-order valence-electron chi connectivity index (χ2n) is 2.29. The van der Waals surface area contributed by atoms with Gasteiger partial charge in [0.05, 0.1) is 11.9 Å². The Balaban J connectivity index is 2.07. The van der Waals surface area contributed by atoms with E-state index in [2.05, 4.69) is 10.3 Å². The lowest BCUT2D eigenvalue weighted by Crippen LogP contribution is -2.16. The standard InChI is InChI=1S/C7H10N2O2S/c10-7(11)1-2-8-3-6-4-9-5-12-6/h4-5,8H,1-3H2,(H,10,11). The number of carbonyl (C=O) groups is 1. The van der Waals surface area contributed by atoms with Crippen LogP contribution in [0.2, 0.25) is 0 Å². The Morgan fingerprint density at radius 3 is 3.17 bits per heavy atom. The van der Waals surface area contributed by atoms with Crippen molar-refractivity contribution in [2.75, 3.05) is 6.54 Å². The topological polar surface area (TPSA) is 62.2 Å². The first-order valence-corrected chi connectivity index (χ1v) is 4.47. The van der Waals surface area contributed by atoms with Crippen molar-refractivity contribution in [2.24, 2.45) is 0 Å². The Bertz CT molecular complexity index is 236. The number of carboxylic acids is 1. The molecule has 12 heavy (non-hydrogen) atoms. The molecule has 1 heterocycles. The van der Waals surface area contributed by atoms with Crippen LogP contribution in [0.4, 0.5) is 0 Å². The zero-order chi connectivity index (χ0) is 8.81. The first-order chi connectivity index (χ1) is 5.79. The second-order valence-corrected chi connectivity index (χ2v) is 3.26. The summed E-state index contributed by atoms with van der Waals surface area (Å²) in [6.45, 7) is 1.21. The molecule has 66 valence electrons. The predicted octanol–water partition coefficient (Wildman–Crippen LogP) is 0.707. The highest BCUT2D eigenvalue weighted by Gasteiger charge is 1.96. The minimum Gasteiger partial charge on any atom is -0.481 e. The van der Waals surface area contributed by atoms with Crippen molar-refractivity contribution >= 4 is 17.3 Å². The van der Waals surface area contributed by atoms with Crippen LogP contribution in [0.3, 0.4) is 0 Å². The van der Waals surface area contributed by atoms with E-state index in [0.29, 0.717) is 13.1 Å². The fourth-order valence-electron chi connectivity index (χ4n) is 0.736. The molecule has 0 saturated carbocycles. The monoisotopic (exact) mass is 186 g/mol. The van der Waals surface area contributed by atoms with E-state index >= 15 is 0 Å². The van der Waals surface area contributed by atoms with Gasteiger partial charge in [0.2, 0.25) is 0 Å². The van der Waals surface area contributed by atoms with E-state index in [1.807, 2.05) is 0 Å². The normalized spacial score (nSPS) is 10.0. The van der Waals surface area contributed by atoms with Crippen LogP contribution in [0.5, 0.6) is 0 Å². The maximum absolute atomic E-state index is 10.1. The van der Waals surface area contributed by atoms with Crippen LogP contribution in [-0.4, -0.2) is 22.6 Å². The summed E-state index contributed by atoms with van der Waals surface area (Å²) in [6, 6.07) is 0. The van der Waals surface area contributed by atoms with Crippen molar-refractivity contribution in [3.8, 4) is 0 Å². The van der Waals surface area contributed by atoms with Gasteiger partial charge >= 0.3 is 5.97 Å². The van der Waals surface area contributed by atoms with Crippen molar-refractivity contribution in [3.63, 3.8) is 0 Å². The van der Waals surface area contributed by atoms with Gasteiger partial charge in [-0.2, -0.15) is 0 Å². The van der Waals surface area contributed by atoms with Crippen molar-refractivity contribution in [2.45, 2.75) is 13.0 Å². The van der Waals surface area contributed by atoms with Gasteiger partial charge in [-0.3, -0.25) is 9.78 Å². The molecular formula is C7H10N2O2S. The summed E-state index contributed by atoms with van der Waals surface area (Å²) in [5.41, 5.74) is 1.76. The molecule has 0 atom stereocenters. The maximum atomic E-state index is 10.1. The van der Waals surface area contributed by atoms with Gasteiger partial charge in [-0.15, -0.1) is 11.3 Å². The number of rotatable bonds is 5. The van der Waals surface area contributed by atoms with Crippen LogP contribution in [0.25, 0.3) is 0 Å². The fraction of sp³-hybridized carbons (Fsp3) is 0.429. The molecule has 0 unspecified atom stereocenters. The molecule has 0 aliphatic heterocycles. The van der Waals surface area contributed by atoms with E-state index in [0.717, 1.165) is 4.88 Å². The summed E-state index contributed by atoms with van der Waals surface area (Å²) in [5.74, 6) is -0.771. The molecular weight excluding hydrogens is 176 g/mol. The van der Waals surface area contributed by atoms with Crippen molar-refractivity contribution < 1.29 is 9.90 Å². The third kappa shape index (κ3) is 3.45. The lowest BCUT2D eigenvalue weighted by Gasteiger charge is -1.98. The molecule has 1 aromatic heterocycles. The van der Waals surface area contributed by atoms with Crippen LogP contribution < -0.4 is 5.32 Å². The van der Waals surface area contributed by atoms with Crippen LogP contribution in [0.1, 0.15) is 11.3 Å². The van der Waals surface area contributed by atoms with Gasteiger partial charge in [-0.05, 0) is 0 Å². The van der Waals surface area contributed by atoms with Crippen LogP contribution in [-0.2, 0) is 11.3 Å². The fourth-order valence-corrected chi connectivity index (χ4v) is 1.30. The van der Waals surface area contributed by atoms with Crippen LogP contribution >= 0.6 is 11.3 Å². The highest BCUT2D eigenvalue weighted by atomic mass is 32.1. The highest BCUT2D eigenvalue weighted by molar-refractivity contribution is 7.09. The van der Waals surface area contributed by atoms with E-state index in [4.69, 9.17) is 5.11 Å². The van der Waals surface area contributed by atoms with Gasteiger partial charge in [0.15, 0.2) is 0 Å². The smallest absolute Gasteiger partial charge is 0.304 e. The Morgan fingerprint density at radius 1 is 1.75 bits per heavy atom. The summed E-state index contributed by atoms with van der Waals surface area (Å²) in [5, 5.41) is 11.3. The van der Waals surface area contributed by atoms with Crippen molar-refractivity contribution in [1.29, 1.82) is 0 Å². The number of thiazole rings is 1. The average molecular weight is 186 g/mol. The molecule has 0 saturated heterocycles. The quantitative estimate of drug-likeness (QED) is 0.665. The maximum Gasteiger partial charge on any atom is 0.304 e. The Labute approximate surface area is 74.3 Å². The van der Waals surface area contributed by atoms with E-state index in [-0.39, 0.29) is 6.42 Å². The molecule has 0 radical (unpaired) electrons. The molecule has 0 aromatic carbocycles. The minimum absolute atomic E-state index is 0.165. The van der Waals surface area contributed by atoms with Gasteiger partial charge in [0, 0.05) is 24.2 Å². The lowest BCUT2D eigenvalue weighted by molar-refractivity contribution is -0.136. The Hall–Kier alpha value is -0.940. The number of nitrogens with zero attached hydrogens (tertiary/aromatic N) is 1. The summed E-state index contributed by atoms with van der Waals surface area (Å²) < 4.78 is 0. The van der Waals surface area contributed by atoms with E-state index in [9.17, 15) is 4.79 Å². The number of aromatic nitrogens is 1. The minimum atomic E-state index is -0.771. The number of carboxylic acid groups (broad SMARTS) is 1. The number of nitrogens with one attached hydrogen (secondary N) is 1. The van der Waals surface area contributed by atoms with Crippen LogP contribution in [0, 0.1) is 0 Å². The average Bonchev–Trinajstić information content (AvgIpc) is 2.49. The second kappa shape index (κ2) is 4.84. The highest BCUT2D eigenvalue weighted by Crippen LogP contribution is 2.03. The van der Waals surface area contributed by atoms with E-state index in [1.54, 1.807) is 23.0 Å². The predicted molar refractivity (Wildman–Crippen MR) is 46.1 cm³/mol. The summed E-state index contributed by atoms with van der Waals surface area (Å²) in [7, 11) is 0. The number of hydrogen-bond donors (Lipinski definition) is 2. The van der Waals surface area contributed by atoms with E-state index in [1.165, 1.54) is 0 Å². The summed E-state index contributed by atoms with van der Waals surface area (Å²) in [6.07, 6.45) is 1.94.